The van der Waals surface area contributed by atoms with Crippen LogP contribution in [0.2, 0.25) is 39.3 Å². The van der Waals surface area contributed by atoms with Crippen LogP contribution < -0.4 is 0 Å². The third kappa shape index (κ3) is 5.75. The molecule has 5 rings (SSSR count). The molecule has 0 spiro atoms. The fraction of sp³-hybridized carbons (Fsp3) is 0.781. The van der Waals surface area contributed by atoms with E-state index in [4.69, 9.17) is 18.8 Å². The van der Waals surface area contributed by atoms with E-state index in [1.807, 2.05) is 0 Å². The van der Waals surface area contributed by atoms with E-state index in [0.717, 1.165) is 24.7 Å². The van der Waals surface area contributed by atoms with Crippen molar-refractivity contribution in [3.8, 4) is 0 Å². The van der Waals surface area contributed by atoms with Gasteiger partial charge in [0.2, 0.25) is 0 Å². The molecule has 0 saturated heterocycles. The van der Waals surface area contributed by atoms with Crippen molar-refractivity contribution in [1.82, 2.24) is 0 Å². The van der Waals surface area contributed by atoms with Gasteiger partial charge in [0.25, 0.3) is 0 Å². The largest absolute Gasteiger partial charge is 0.415 e. The van der Waals surface area contributed by atoms with Crippen LogP contribution in [0.5, 0.6) is 0 Å². The summed E-state index contributed by atoms with van der Waals surface area (Å²) in [5.74, 6) is 2.84. The molecule has 38 heavy (non-hydrogen) atoms. The van der Waals surface area contributed by atoms with Crippen molar-refractivity contribution in [2.24, 2.45) is 39.7 Å². The molecule has 4 fully saturated rings. The first kappa shape index (κ1) is 28.6. The van der Waals surface area contributed by atoms with Gasteiger partial charge in [-0.3, -0.25) is 0 Å². The molecule has 0 N–H and O–H groups in total. The van der Waals surface area contributed by atoms with Crippen LogP contribution in [0.3, 0.4) is 0 Å². The lowest BCUT2D eigenvalue weighted by molar-refractivity contribution is -0.157. The molecular weight excluding hydrogens is 503 g/mol. The fourth-order valence-electron chi connectivity index (χ4n) is 9.18. The normalized spacial score (nSPS) is 40.4. The first-order valence-corrected chi connectivity index (χ1v) is 22.2. The Morgan fingerprint density at radius 3 is 2.29 bits per heavy atom. The molecule has 0 bridgehead atoms. The zero-order valence-corrected chi connectivity index (χ0v) is 27.4. The Morgan fingerprint density at radius 2 is 1.61 bits per heavy atom. The van der Waals surface area contributed by atoms with Crippen LogP contribution in [0.25, 0.3) is 0 Å². The summed E-state index contributed by atoms with van der Waals surface area (Å²) in [5, 5.41) is 4.85. The van der Waals surface area contributed by atoms with E-state index in [1.165, 1.54) is 49.8 Å². The quantitative estimate of drug-likeness (QED) is 0.250. The molecule has 4 aliphatic carbocycles. The molecule has 1 aromatic rings. The van der Waals surface area contributed by atoms with Gasteiger partial charge in [0.1, 0.15) is 6.61 Å². The summed E-state index contributed by atoms with van der Waals surface area (Å²) >= 11 is 0. The Labute approximate surface area is 234 Å². The van der Waals surface area contributed by atoms with Gasteiger partial charge in [-0.25, -0.2) is 0 Å². The number of hydrogen-bond donors (Lipinski definition) is 0. The van der Waals surface area contributed by atoms with Crippen molar-refractivity contribution < 1.29 is 13.7 Å². The molecule has 212 valence electrons. The average Bonchev–Trinajstić information content (AvgIpc) is 3.13. The number of benzene rings is 1. The van der Waals surface area contributed by atoms with E-state index in [1.54, 1.807) is 0 Å². The Kier molecular flexibility index (Phi) is 7.87. The van der Waals surface area contributed by atoms with Crippen molar-refractivity contribution in [2.75, 3.05) is 0 Å². The van der Waals surface area contributed by atoms with Crippen molar-refractivity contribution in [1.29, 1.82) is 0 Å². The molecule has 4 aliphatic rings. The van der Waals surface area contributed by atoms with E-state index in [0.29, 0.717) is 36.1 Å². The van der Waals surface area contributed by atoms with E-state index >= 15 is 0 Å². The molecule has 0 radical (unpaired) electrons. The highest BCUT2D eigenvalue weighted by atomic mass is 28.4. The SMILES string of the molecule is C[C@]12CC[C@@H](O[Si](C)(C)C)C[C@H]1CC[C@@H]1[C@@H]2[C@@H](O[Si](C)(C)C)C[C@]2(C)/C(=N/OCc3ccccc3)CC[C@@H]12. The summed E-state index contributed by atoms with van der Waals surface area (Å²) in [4.78, 5) is 5.99. The average molecular weight is 556 g/mol. The number of fused-ring (bicyclic) bond motifs is 5. The third-order valence-electron chi connectivity index (χ3n) is 10.5. The Morgan fingerprint density at radius 1 is 0.895 bits per heavy atom. The molecule has 4 saturated carbocycles. The van der Waals surface area contributed by atoms with Crippen molar-refractivity contribution in [2.45, 2.75) is 123 Å². The fourth-order valence-corrected chi connectivity index (χ4v) is 11.5. The van der Waals surface area contributed by atoms with Gasteiger partial charge in [-0.05, 0) is 125 Å². The van der Waals surface area contributed by atoms with Gasteiger partial charge in [0, 0.05) is 17.6 Å². The minimum Gasteiger partial charge on any atom is -0.415 e. The summed E-state index contributed by atoms with van der Waals surface area (Å²) in [6.07, 6.45) is 10.7. The zero-order chi connectivity index (χ0) is 27.3. The lowest BCUT2D eigenvalue weighted by atomic mass is 9.44. The van der Waals surface area contributed by atoms with Crippen molar-refractivity contribution in [3.63, 3.8) is 0 Å². The maximum atomic E-state index is 7.18. The predicted octanol–water partition coefficient (Wildman–Crippen LogP) is 8.65. The topological polar surface area (TPSA) is 40.0 Å². The molecule has 0 unspecified atom stereocenters. The number of hydrogen-bond acceptors (Lipinski definition) is 4. The molecule has 8 atom stereocenters. The second-order valence-electron chi connectivity index (χ2n) is 15.4. The van der Waals surface area contributed by atoms with Crippen LogP contribution in [-0.2, 0) is 20.3 Å². The maximum absolute atomic E-state index is 7.18. The van der Waals surface area contributed by atoms with Gasteiger partial charge >= 0.3 is 0 Å². The summed E-state index contributed by atoms with van der Waals surface area (Å²) < 4.78 is 13.9. The minimum atomic E-state index is -1.71. The van der Waals surface area contributed by atoms with Crippen LogP contribution in [0.1, 0.15) is 70.8 Å². The molecule has 0 heterocycles. The first-order chi connectivity index (χ1) is 17.8. The summed E-state index contributed by atoms with van der Waals surface area (Å²) in [7, 11) is -3.23. The Balaban J connectivity index is 1.39. The van der Waals surface area contributed by atoms with Crippen LogP contribution in [-0.4, -0.2) is 34.6 Å². The standard InChI is InChI=1S/C32H53NO3Si2/c1-31-19-18-25(35-37(3,4)5)20-24(31)14-15-26-27-16-17-29(33-34-22-23-12-10-9-11-13-23)32(27,2)21-28(30(26)31)36-38(6,7)8/h9-13,24-28,30H,14-22H2,1-8H3/b33-29+/t24-,25-,26+,27+,28+,30-,31+,32+/m1/s1. The van der Waals surface area contributed by atoms with Gasteiger partial charge in [-0.2, -0.15) is 0 Å². The van der Waals surface area contributed by atoms with Gasteiger partial charge in [0.15, 0.2) is 16.6 Å². The van der Waals surface area contributed by atoms with Gasteiger partial charge < -0.3 is 13.7 Å². The predicted molar refractivity (Wildman–Crippen MR) is 162 cm³/mol. The molecule has 0 aromatic heterocycles. The molecule has 4 nitrogen and oxygen atoms in total. The van der Waals surface area contributed by atoms with Gasteiger partial charge in [-0.15, -0.1) is 0 Å². The van der Waals surface area contributed by atoms with Crippen molar-refractivity contribution in [3.05, 3.63) is 35.9 Å². The first-order valence-electron chi connectivity index (χ1n) is 15.4. The molecular formula is C32H53NO3Si2. The minimum absolute atomic E-state index is 0.0868. The van der Waals surface area contributed by atoms with Crippen LogP contribution in [0, 0.1) is 34.5 Å². The maximum Gasteiger partial charge on any atom is 0.184 e. The number of nitrogens with zero attached hydrogens (tertiary/aromatic N) is 1. The molecule has 0 aliphatic heterocycles. The Hall–Kier alpha value is -0.956. The second kappa shape index (κ2) is 10.5. The van der Waals surface area contributed by atoms with E-state index in [-0.39, 0.29) is 5.41 Å². The molecule has 6 heteroatoms. The lowest BCUT2D eigenvalue weighted by Gasteiger charge is -2.63. The monoisotopic (exact) mass is 555 g/mol. The van der Waals surface area contributed by atoms with Crippen molar-refractivity contribution >= 4 is 22.3 Å². The second-order valence-corrected chi connectivity index (χ2v) is 24.3. The van der Waals surface area contributed by atoms with E-state index in [9.17, 15) is 0 Å². The van der Waals surface area contributed by atoms with Crippen LogP contribution in [0.4, 0.5) is 0 Å². The van der Waals surface area contributed by atoms with Gasteiger partial charge in [0.05, 0.1) is 5.71 Å². The van der Waals surface area contributed by atoms with Crippen LogP contribution in [0.15, 0.2) is 35.5 Å². The highest BCUT2D eigenvalue weighted by Gasteiger charge is 2.63. The summed E-state index contributed by atoms with van der Waals surface area (Å²) in [5.41, 5.74) is 2.92. The Bertz CT molecular complexity index is 1000. The molecule has 0 amide bonds. The lowest BCUT2D eigenvalue weighted by Crippen LogP contribution is -2.61. The van der Waals surface area contributed by atoms with E-state index in [2.05, 4.69) is 83.5 Å². The van der Waals surface area contributed by atoms with Gasteiger partial charge in [-0.1, -0.05) is 49.3 Å². The van der Waals surface area contributed by atoms with E-state index < -0.39 is 16.6 Å². The highest BCUT2D eigenvalue weighted by Crippen LogP contribution is 2.66. The zero-order valence-electron chi connectivity index (χ0n) is 25.4. The third-order valence-corrected chi connectivity index (χ3v) is 12.6. The number of rotatable bonds is 7. The number of oxime groups is 1. The summed E-state index contributed by atoms with van der Waals surface area (Å²) in [6, 6.07) is 10.4. The highest BCUT2D eigenvalue weighted by molar-refractivity contribution is 6.70. The summed E-state index contributed by atoms with van der Waals surface area (Å²) in [6.45, 7) is 19.9. The smallest absolute Gasteiger partial charge is 0.184 e. The molecule has 1 aromatic carbocycles. The van der Waals surface area contributed by atoms with Crippen LogP contribution >= 0.6 is 0 Å².